The lowest BCUT2D eigenvalue weighted by molar-refractivity contribution is -0.384. The van der Waals surface area contributed by atoms with Gasteiger partial charge in [0.05, 0.1) is 10.2 Å². The van der Waals surface area contributed by atoms with E-state index in [1.165, 1.54) is 23.9 Å². The Bertz CT molecular complexity index is 1180. The second-order valence-electron chi connectivity index (χ2n) is 6.76. The van der Waals surface area contributed by atoms with E-state index in [-0.39, 0.29) is 16.8 Å². The van der Waals surface area contributed by atoms with Crippen LogP contribution < -0.4 is 0 Å². The summed E-state index contributed by atoms with van der Waals surface area (Å²) in [4.78, 5) is 10.3. The third kappa shape index (κ3) is 4.23. The van der Waals surface area contributed by atoms with Gasteiger partial charge >= 0.3 is 0 Å². The Morgan fingerprint density at radius 3 is 2.20 bits per heavy atom. The molecule has 0 aliphatic heterocycles. The summed E-state index contributed by atoms with van der Waals surface area (Å²) in [5.41, 5.74) is 3.72. The minimum absolute atomic E-state index is 0.00147. The van der Waals surface area contributed by atoms with Gasteiger partial charge in [-0.05, 0) is 45.0 Å². The Hall–Kier alpha value is -3.53. The van der Waals surface area contributed by atoms with E-state index in [4.69, 9.17) is 8.83 Å². The van der Waals surface area contributed by atoms with E-state index >= 15 is 0 Å². The third-order valence-corrected chi connectivity index (χ3v) is 5.19. The first-order valence-corrected chi connectivity index (χ1v) is 9.94. The number of nitro groups is 1. The Labute approximate surface area is 175 Å². The maximum atomic E-state index is 10.8. The van der Waals surface area contributed by atoms with Crippen LogP contribution in [0.25, 0.3) is 22.9 Å². The molecular formula is C20H17N5O4S. The normalized spacial score (nSPS) is 12.1. The molecule has 2 aromatic heterocycles. The molecule has 4 aromatic rings. The summed E-state index contributed by atoms with van der Waals surface area (Å²) in [6.07, 6.45) is 0. The minimum Gasteiger partial charge on any atom is -0.419 e. The Morgan fingerprint density at radius 1 is 0.900 bits per heavy atom. The number of non-ortho nitro benzene ring substituents is 1. The number of benzene rings is 2. The van der Waals surface area contributed by atoms with Gasteiger partial charge in [-0.25, -0.2) is 0 Å². The number of aryl methyl sites for hydroxylation is 2. The van der Waals surface area contributed by atoms with Crippen molar-refractivity contribution in [2.75, 3.05) is 0 Å². The van der Waals surface area contributed by atoms with Gasteiger partial charge in [0.25, 0.3) is 10.9 Å². The standard InChI is InChI=1S/C20H17N5O4S/c1-11-8-12(2)10-15(9-11)19-23-24-20(29-19)30-13(3)17-21-22-18(28-17)14-4-6-16(7-5-14)25(26)27/h4-10,13H,1-3H3. The number of nitrogens with zero attached hydrogens (tertiary/aromatic N) is 5. The minimum atomic E-state index is -0.460. The summed E-state index contributed by atoms with van der Waals surface area (Å²) in [5.74, 6) is 1.13. The molecular weight excluding hydrogens is 406 g/mol. The van der Waals surface area contributed by atoms with Crippen molar-refractivity contribution < 1.29 is 13.8 Å². The Morgan fingerprint density at radius 2 is 1.53 bits per heavy atom. The molecule has 2 aromatic carbocycles. The predicted octanol–water partition coefficient (Wildman–Crippen LogP) is 5.16. The van der Waals surface area contributed by atoms with Gasteiger partial charge in [-0.2, -0.15) is 0 Å². The highest BCUT2D eigenvalue weighted by Crippen LogP contribution is 2.35. The second-order valence-corrected chi connectivity index (χ2v) is 8.05. The molecule has 9 nitrogen and oxygen atoms in total. The number of hydrogen-bond acceptors (Lipinski definition) is 9. The maximum absolute atomic E-state index is 10.8. The number of aromatic nitrogens is 4. The summed E-state index contributed by atoms with van der Waals surface area (Å²) >= 11 is 1.31. The molecule has 0 spiro atoms. The fourth-order valence-corrected chi connectivity index (χ4v) is 3.63. The zero-order valence-corrected chi connectivity index (χ0v) is 17.2. The van der Waals surface area contributed by atoms with Crippen LogP contribution in [0, 0.1) is 24.0 Å². The molecule has 2 heterocycles. The molecule has 0 N–H and O–H groups in total. The molecule has 0 saturated heterocycles. The van der Waals surface area contributed by atoms with Crippen molar-refractivity contribution in [3.63, 3.8) is 0 Å². The van der Waals surface area contributed by atoms with Gasteiger partial charge in [0, 0.05) is 23.3 Å². The van der Waals surface area contributed by atoms with E-state index in [0.717, 1.165) is 16.7 Å². The largest absolute Gasteiger partial charge is 0.419 e. The van der Waals surface area contributed by atoms with E-state index in [2.05, 4.69) is 26.5 Å². The van der Waals surface area contributed by atoms with E-state index < -0.39 is 4.92 Å². The highest BCUT2D eigenvalue weighted by atomic mass is 32.2. The molecule has 0 aliphatic rings. The first-order chi connectivity index (χ1) is 14.4. The molecule has 152 valence electrons. The molecule has 0 amide bonds. The smallest absolute Gasteiger partial charge is 0.277 e. The lowest BCUT2D eigenvalue weighted by Crippen LogP contribution is -1.88. The van der Waals surface area contributed by atoms with Gasteiger partial charge in [0.2, 0.25) is 17.7 Å². The first kappa shape index (κ1) is 19.8. The molecule has 0 aliphatic carbocycles. The summed E-state index contributed by atoms with van der Waals surface area (Å²) in [6, 6.07) is 12.0. The summed E-state index contributed by atoms with van der Waals surface area (Å²) in [6.45, 7) is 5.92. The summed E-state index contributed by atoms with van der Waals surface area (Å²) < 4.78 is 11.5. The van der Waals surface area contributed by atoms with E-state index in [1.807, 2.05) is 32.9 Å². The topological polar surface area (TPSA) is 121 Å². The van der Waals surface area contributed by atoms with Crippen LogP contribution in [0.2, 0.25) is 0 Å². The Balaban J connectivity index is 1.48. The number of rotatable bonds is 6. The number of hydrogen-bond donors (Lipinski definition) is 0. The van der Waals surface area contributed by atoms with Crippen LogP contribution in [-0.4, -0.2) is 25.3 Å². The van der Waals surface area contributed by atoms with Crippen molar-refractivity contribution >= 4 is 17.4 Å². The fraction of sp³-hybridized carbons (Fsp3) is 0.200. The van der Waals surface area contributed by atoms with Gasteiger partial charge in [-0.3, -0.25) is 10.1 Å². The van der Waals surface area contributed by atoms with Gasteiger partial charge in [-0.15, -0.1) is 20.4 Å². The molecule has 30 heavy (non-hydrogen) atoms. The van der Waals surface area contributed by atoms with Crippen LogP contribution in [0.5, 0.6) is 0 Å². The van der Waals surface area contributed by atoms with Crippen molar-refractivity contribution in [1.29, 1.82) is 0 Å². The van der Waals surface area contributed by atoms with Crippen molar-refractivity contribution in [2.24, 2.45) is 0 Å². The zero-order valence-electron chi connectivity index (χ0n) is 16.4. The predicted molar refractivity (Wildman–Crippen MR) is 110 cm³/mol. The second kappa shape index (κ2) is 8.07. The van der Waals surface area contributed by atoms with Crippen molar-refractivity contribution in [1.82, 2.24) is 20.4 Å². The van der Waals surface area contributed by atoms with Crippen LogP contribution >= 0.6 is 11.8 Å². The maximum Gasteiger partial charge on any atom is 0.277 e. The van der Waals surface area contributed by atoms with Crippen LogP contribution in [0.15, 0.2) is 56.5 Å². The van der Waals surface area contributed by atoms with E-state index in [0.29, 0.717) is 22.6 Å². The summed E-state index contributed by atoms with van der Waals surface area (Å²) in [7, 11) is 0. The van der Waals surface area contributed by atoms with Crippen molar-refractivity contribution in [3.8, 4) is 22.9 Å². The van der Waals surface area contributed by atoms with Crippen molar-refractivity contribution in [2.45, 2.75) is 31.2 Å². The lowest BCUT2D eigenvalue weighted by Gasteiger charge is -2.02. The monoisotopic (exact) mass is 423 g/mol. The highest BCUT2D eigenvalue weighted by Gasteiger charge is 2.20. The van der Waals surface area contributed by atoms with Crippen LogP contribution in [0.4, 0.5) is 5.69 Å². The quantitative estimate of drug-likeness (QED) is 0.235. The molecule has 0 saturated carbocycles. The molecule has 1 atom stereocenters. The molecule has 1 unspecified atom stereocenters. The van der Waals surface area contributed by atoms with Gasteiger partial charge in [0.1, 0.15) is 0 Å². The molecule has 0 radical (unpaired) electrons. The highest BCUT2D eigenvalue weighted by molar-refractivity contribution is 7.99. The molecule has 4 rings (SSSR count). The van der Waals surface area contributed by atoms with Crippen LogP contribution in [0.1, 0.15) is 29.2 Å². The SMILES string of the molecule is Cc1cc(C)cc(-c2nnc(SC(C)c3nnc(-c4ccc([N+](=O)[O-])cc4)o3)o2)c1. The van der Waals surface area contributed by atoms with Gasteiger partial charge in [-0.1, -0.05) is 29.0 Å². The third-order valence-electron chi connectivity index (χ3n) is 4.27. The van der Waals surface area contributed by atoms with E-state index in [1.54, 1.807) is 12.1 Å². The first-order valence-electron chi connectivity index (χ1n) is 9.06. The van der Waals surface area contributed by atoms with Crippen LogP contribution in [0.3, 0.4) is 0 Å². The van der Waals surface area contributed by atoms with Crippen LogP contribution in [-0.2, 0) is 0 Å². The molecule has 0 bridgehead atoms. The zero-order chi connectivity index (χ0) is 21.3. The average molecular weight is 423 g/mol. The van der Waals surface area contributed by atoms with Gasteiger partial charge < -0.3 is 8.83 Å². The lowest BCUT2D eigenvalue weighted by atomic mass is 10.1. The average Bonchev–Trinajstić information content (AvgIpc) is 3.37. The van der Waals surface area contributed by atoms with Crippen molar-refractivity contribution in [3.05, 3.63) is 69.6 Å². The fourth-order valence-electron chi connectivity index (χ4n) is 2.92. The molecule has 0 fully saturated rings. The summed E-state index contributed by atoms with van der Waals surface area (Å²) in [5, 5.41) is 27.3. The number of nitro benzene ring substituents is 1. The number of thioether (sulfide) groups is 1. The van der Waals surface area contributed by atoms with E-state index in [9.17, 15) is 10.1 Å². The van der Waals surface area contributed by atoms with Gasteiger partial charge in [0.15, 0.2) is 0 Å². The molecule has 10 heteroatoms. The Kier molecular flexibility index (Phi) is 5.32.